The van der Waals surface area contributed by atoms with E-state index in [9.17, 15) is 4.79 Å². The SMILES string of the molecule is CC(C)c1nc(C2CCCN2c2ccc(C(=O)Nc3nncs3)cn2)no1. The van der Waals surface area contributed by atoms with E-state index in [0.717, 1.165) is 25.2 Å². The lowest BCUT2D eigenvalue weighted by molar-refractivity contribution is 0.102. The first-order chi connectivity index (χ1) is 13.1. The minimum Gasteiger partial charge on any atom is -0.346 e. The van der Waals surface area contributed by atoms with Gasteiger partial charge >= 0.3 is 0 Å². The molecule has 10 heteroatoms. The molecule has 1 atom stereocenters. The van der Waals surface area contributed by atoms with Gasteiger partial charge in [0, 0.05) is 18.7 Å². The van der Waals surface area contributed by atoms with E-state index in [0.29, 0.717) is 22.4 Å². The van der Waals surface area contributed by atoms with Gasteiger partial charge in [-0.05, 0) is 25.0 Å². The van der Waals surface area contributed by atoms with Crippen molar-refractivity contribution < 1.29 is 9.32 Å². The Labute approximate surface area is 159 Å². The van der Waals surface area contributed by atoms with Gasteiger partial charge in [-0.25, -0.2) is 4.98 Å². The second-order valence-electron chi connectivity index (χ2n) is 6.60. The molecule has 0 saturated carbocycles. The molecule has 0 aliphatic carbocycles. The second-order valence-corrected chi connectivity index (χ2v) is 7.43. The third-order valence-corrected chi connectivity index (χ3v) is 4.99. The van der Waals surface area contributed by atoms with E-state index in [-0.39, 0.29) is 17.9 Å². The summed E-state index contributed by atoms with van der Waals surface area (Å²) in [5.41, 5.74) is 2.03. The lowest BCUT2D eigenvalue weighted by Crippen LogP contribution is -2.24. The minimum absolute atomic E-state index is 0.0369. The minimum atomic E-state index is -0.261. The van der Waals surface area contributed by atoms with Crippen LogP contribution in [-0.4, -0.2) is 37.8 Å². The Kier molecular flexibility index (Phi) is 4.80. The molecule has 0 aromatic carbocycles. The van der Waals surface area contributed by atoms with Gasteiger partial charge in [-0.2, -0.15) is 4.98 Å². The van der Waals surface area contributed by atoms with Crippen LogP contribution < -0.4 is 10.2 Å². The van der Waals surface area contributed by atoms with Crippen molar-refractivity contribution in [2.75, 3.05) is 16.8 Å². The number of nitrogens with zero attached hydrogens (tertiary/aromatic N) is 6. The van der Waals surface area contributed by atoms with Crippen LogP contribution in [0.15, 0.2) is 28.4 Å². The third kappa shape index (κ3) is 3.65. The summed E-state index contributed by atoms with van der Waals surface area (Å²) >= 11 is 1.27. The summed E-state index contributed by atoms with van der Waals surface area (Å²) in [6.07, 6.45) is 3.53. The standard InChI is InChI=1S/C17H19N7O2S/c1-10(2)16-20-14(23-26-16)12-4-3-7-24(12)13-6-5-11(8-18-13)15(25)21-17-22-19-9-27-17/h5-6,8-10,12H,3-4,7H2,1-2H3,(H,21,22,25). The summed E-state index contributed by atoms with van der Waals surface area (Å²) in [5.74, 6) is 2.07. The number of nitrogens with one attached hydrogen (secondary N) is 1. The average Bonchev–Trinajstić information content (AvgIpc) is 3.42. The van der Waals surface area contributed by atoms with Crippen molar-refractivity contribution in [1.82, 2.24) is 25.3 Å². The van der Waals surface area contributed by atoms with Gasteiger partial charge in [0.15, 0.2) is 5.82 Å². The molecule has 1 unspecified atom stereocenters. The van der Waals surface area contributed by atoms with Crippen LogP contribution in [0.4, 0.5) is 10.9 Å². The highest BCUT2D eigenvalue weighted by molar-refractivity contribution is 7.13. The quantitative estimate of drug-likeness (QED) is 0.713. The average molecular weight is 385 g/mol. The number of amides is 1. The first-order valence-corrected chi connectivity index (χ1v) is 9.63. The van der Waals surface area contributed by atoms with E-state index in [4.69, 9.17) is 4.52 Å². The third-order valence-electron chi connectivity index (χ3n) is 4.39. The first kappa shape index (κ1) is 17.5. The predicted molar refractivity (Wildman–Crippen MR) is 99.8 cm³/mol. The molecular formula is C17H19N7O2S. The molecular weight excluding hydrogens is 366 g/mol. The summed E-state index contributed by atoms with van der Waals surface area (Å²) in [6.45, 7) is 4.91. The summed E-state index contributed by atoms with van der Waals surface area (Å²) in [4.78, 5) is 23.4. The van der Waals surface area contributed by atoms with Crippen LogP contribution in [0.5, 0.6) is 0 Å². The molecule has 1 amide bonds. The van der Waals surface area contributed by atoms with Gasteiger partial charge in [0.2, 0.25) is 11.0 Å². The first-order valence-electron chi connectivity index (χ1n) is 8.75. The van der Waals surface area contributed by atoms with E-state index in [1.165, 1.54) is 11.3 Å². The highest BCUT2D eigenvalue weighted by Gasteiger charge is 2.31. The zero-order chi connectivity index (χ0) is 18.8. The highest BCUT2D eigenvalue weighted by Crippen LogP contribution is 2.34. The number of anilines is 2. The van der Waals surface area contributed by atoms with E-state index in [1.54, 1.807) is 17.8 Å². The number of aromatic nitrogens is 5. The number of carbonyl (C=O) groups is 1. The summed E-state index contributed by atoms with van der Waals surface area (Å²) in [6, 6.07) is 3.63. The van der Waals surface area contributed by atoms with Crippen molar-refractivity contribution in [3.05, 3.63) is 41.1 Å². The van der Waals surface area contributed by atoms with Crippen LogP contribution in [0.1, 0.15) is 60.7 Å². The van der Waals surface area contributed by atoms with Crippen molar-refractivity contribution in [1.29, 1.82) is 0 Å². The Bertz CT molecular complexity index is 908. The fraction of sp³-hybridized carbons (Fsp3) is 0.412. The number of hydrogen-bond acceptors (Lipinski definition) is 9. The highest BCUT2D eigenvalue weighted by atomic mass is 32.1. The van der Waals surface area contributed by atoms with E-state index in [2.05, 4.69) is 35.5 Å². The van der Waals surface area contributed by atoms with E-state index < -0.39 is 0 Å². The summed E-state index contributed by atoms with van der Waals surface area (Å²) < 4.78 is 5.35. The zero-order valence-corrected chi connectivity index (χ0v) is 15.8. The number of rotatable bonds is 5. The van der Waals surface area contributed by atoms with Crippen LogP contribution >= 0.6 is 11.3 Å². The molecule has 9 nitrogen and oxygen atoms in total. The molecule has 0 bridgehead atoms. The Morgan fingerprint density at radius 3 is 2.96 bits per heavy atom. The van der Waals surface area contributed by atoms with E-state index >= 15 is 0 Å². The van der Waals surface area contributed by atoms with Crippen molar-refractivity contribution in [2.45, 2.75) is 38.6 Å². The monoisotopic (exact) mass is 385 g/mol. The van der Waals surface area contributed by atoms with Gasteiger partial charge in [0.05, 0.1) is 11.6 Å². The molecule has 4 rings (SSSR count). The Hall–Kier alpha value is -2.88. The van der Waals surface area contributed by atoms with Crippen LogP contribution in [0.2, 0.25) is 0 Å². The number of carbonyl (C=O) groups excluding carboxylic acids is 1. The van der Waals surface area contributed by atoms with Gasteiger partial charge in [0.1, 0.15) is 11.3 Å². The van der Waals surface area contributed by atoms with Gasteiger partial charge < -0.3 is 9.42 Å². The van der Waals surface area contributed by atoms with Crippen LogP contribution in [0, 0.1) is 0 Å². The predicted octanol–water partition coefficient (Wildman–Crippen LogP) is 3.03. The Balaban J connectivity index is 1.49. The molecule has 4 heterocycles. The molecule has 1 aliphatic heterocycles. The Morgan fingerprint density at radius 1 is 1.41 bits per heavy atom. The molecule has 27 heavy (non-hydrogen) atoms. The van der Waals surface area contributed by atoms with Crippen LogP contribution in [0.25, 0.3) is 0 Å². The van der Waals surface area contributed by atoms with Crippen molar-refractivity contribution in [2.24, 2.45) is 0 Å². The molecule has 1 aliphatic rings. The second kappa shape index (κ2) is 7.39. The normalized spacial score (nSPS) is 16.9. The zero-order valence-electron chi connectivity index (χ0n) is 15.0. The maximum atomic E-state index is 12.2. The van der Waals surface area contributed by atoms with Crippen molar-refractivity contribution >= 4 is 28.2 Å². The lowest BCUT2D eigenvalue weighted by Gasteiger charge is -2.23. The molecule has 0 radical (unpaired) electrons. The lowest BCUT2D eigenvalue weighted by atomic mass is 10.2. The number of hydrogen-bond donors (Lipinski definition) is 1. The topological polar surface area (TPSA) is 110 Å². The molecule has 3 aromatic rings. The summed E-state index contributed by atoms with van der Waals surface area (Å²) in [7, 11) is 0. The van der Waals surface area contributed by atoms with Gasteiger partial charge in [-0.3, -0.25) is 10.1 Å². The Morgan fingerprint density at radius 2 is 2.30 bits per heavy atom. The van der Waals surface area contributed by atoms with Gasteiger partial charge in [-0.1, -0.05) is 30.3 Å². The van der Waals surface area contributed by atoms with Gasteiger partial charge in [-0.15, -0.1) is 10.2 Å². The largest absolute Gasteiger partial charge is 0.346 e. The summed E-state index contributed by atoms with van der Waals surface area (Å²) in [5, 5.41) is 14.8. The molecule has 140 valence electrons. The number of pyridine rings is 1. The van der Waals surface area contributed by atoms with Crippen molar-refractivity contribution in [3.63, 3.8) is 0 Å². The van der Waals surface area contributed by atoms with Crippen LogP contribution in [-0.2, 0) is 0 Å². The fourth-order valence-corrected chi connectivity index (χ4v) is 3.45. The molecule has 0 spiro atoms. The maximum Gasteiger partial charge on any atom is 0.259 e. The molecule has 1 N–H and O–H groups in total. The molecule has 1 saturated heterocycles. The van der Waals surface area contributed by atoms with E-state index in [1.807, 2.05) is 19.9 Å². The smallest absolute Gasteiger partial charge is 0.259 e. The van der Waals surface area contributed by atoms with Gasteiger partial charge in [0.25, 0.3) is 5.91 Å². The fourth-order valence-electron chi connectivity index (χ4n) is 3.01. The maximum absolute atomic E-state index is 12.2. The molecule has 1 fully saturated rings. The molecule has 3 aromatic heterocycles. The van der Waals surface area contributed by atoms with Crippen molar-refractivity contribution in [3.8, 4) is 0 Å². The van der Waals surface area contributed by atoms with Crippen LogP contribution in [0.3, 0.4) is 0 Å².